The molecule has 0 atom stereocenters. The minimum absolute atomic E-state index is 0.0749. The van der Waals surface area contributed by atoms with E-state index in [4.69, 9.17) is 5.11 Å². The molecule has 2 amide bonds. The fourth-order valence-electron chi connectivity index (χ4n) is 1.08. The molecular weight excluding hydrogens is 336 g/mol. The van der Waals surface area contributed by atoms with E-state index in [-0.39, 0.29) is 10.2 Å². The maximum atomic E-state index is 13.3. The van der Waals surface area contributed by atoms with E-state index in [1.807, 2.05) is 5.32 Å². The number of halogens is 5. The van der Waals surface area contributed by atoms with E-state index in [9.17, 15) is 22.4 Å². The highest BCUT2D eigenvalue weighted by molar-refractivity contribution is 9.10. The predicted octanol–water partition coefficient (Wildman–Crippen LogP) is 2.48. The van der Waals surface area contributed by atoms with Gasteiger partial charge in [-0.25, -0.2) is 22.4 Å². The van der Waals surface area contributed by atoms with Gasteiger partial charge in [-0.05, 0) is 22.0 Å². The topological polar surface area (TPSA) is 61.4 Å². The van der Waals surface area contributed by atoms with Gasteiger partial charge in [-0.1, -0.05) is 0 Å². The molecule has 19 heavy (non-hydrogen) atoms. The molecule has 106 valence electrons. The highest BCUT2D eigenvalue weighted by Gasteiger charge is 2.28. The SMILES string of the molecule is O=C(NCC(F)(F)CO)Nc1c(F)cc(F)cc1Br. The van der Waals surface area contributed by atoms with Crippen LogP contribution in [0.15, 0.2) is 16.6 Å². The zero-order valence-corrected chi connectivity index (χ0v) is 10.9. The lowest BCUT2D eigenvalue weighted by Gasteiger charge is -2.15. The maximum absolute atomic E-state index is 13.3. The molecule has 1 rings (SSSR count). The summed E-state index contributed by atoms with van der Waals surface area (Å²) in [5.41, 5.74) is -0.383. The van der Waals surface area contributed by atoms with Crippen LogP contribution in [0.5, 0.6) is 0 Å². The molecule has 9 heteroatoms. The molecule has 0 fully saturated rings. The number of aliphatic hydroxyl groups excluding tert-OH is 1. The summed E-state index contributed by atoms with van der Waals surface area (Å²) in [6.07, 6.45) is 0. The third kappa shape index (κ3) is 4.67. The smallest absolute Gasteiger partial charge is 0.319 e. The van der Waals surface area contributed by atoms with Gasteiger partial charge in [0.2, 0.25) is 0 Å². The van der Waals surface area contributed by atoms with Crippen LogP contribution in [0.3, 0.4) is 0 Å². The number of aliphatic hydroxyl groups is 1. The van der Waals surface area contributed by atoms with E-state index in [0.29, 0.717) is 6.07 Å². The molecule has 1 aromatic rings. The van der Waals surface area contributed by atoms with Crippen LogP contribution < -0.4 is 10.6 Å². The molecule has 4 nitrogen and oxygen atoms in total. The first-order valence-electron chi connectivity index (χ1n) is 4.93. The molecule has 0 unspecified atom stereocenters. The van der Waals surface area contributed by atoms with Crippen LogP contribution in [0.4, 0.5) is 28.0 Å². The molecule has 0 radical (unpaired) electrons. The number of nitrogens with one attached hydrogen (secondary N) is 2. The van der Waals surface area contributed by atoms with E-state index < -0.39 is 36.7 Å². The van der Waals surface area contributed by atoms with Crippen molar-refractivity contribution < 1.29 is 27.5 Å². The quantitative estimate of drug-likeness (QED) is 0.735. The van der Waals surface area contributed by atoms with Crippen molar-refractivity contribution in [3.05, 3.63) is 28.2 Å². The van der Waals surface area contributed by atoms with Gasteiger partial charge >= 0.3 is 6.03 Å². The van der Waals surface area contributed by atoms with Crippen LogP contribution in [-0.2, 0) is 0 Å². The number of anilines is 1. The average Bonchev–Trinajstić information content (AvgIpc) is 2.31. The lowest BCUT2D eigenvalue weighted by atomic mass is 10.3. The Labute approximate surface area is 113 Å². The van der Waals surface area contributed by atoms with Crippen LogP contribution in [-0.4, -0.2) is 30.2 Å². The van der Waals surface area contributed by atoms with Crippen LogP contribution in [0.1, 0.15) is 0 Å². The number of amides is 2. The number of rotatable bonds is 4. The van der Waals surface area contributed by atoms with E-state index >= 15 is 0 Å². The second-order valence-electron chi connectivity index (χ2n) is 3.57. The molecular formula is C10H9BrF4N2O2. The number of carbonyl (C=O) groups excluding carboxylic acids is 1. The summed E-state index contributed by atoms with van der Waals surface area (Å²) in [5.74, 6) is -5.39. The molecule has 0 aliphatic rings. The molecule has 0 saturated heterocycles. The van der Waals surface area contributed by atoms with Gasteiger partial charge in [0.1, 0.15) is 12.4 Å². The van der Waals surface area contributed by atoms with Crippen LogP contribution in [0.2, 0.25) is 0 Å². The number of hydrogen-bond donors (Lipinski definition) is 3. The summed E-state index contributed by atoms with van der Waals surface area (Å²) in [5, 5.41) is 12.0. The van der Waals surface area contributed by atoms with Crippen molar-refractivity contribution in [2.75, 3.05) is 18.5 Å². The second kappa shape index (κ2) is 6.20. The molecule has 0 heterocycles. The van der Waals surface area contributed by atoms with Crippen molar-refractivity contribution in [1.82, 2.24) is 5.32 Å². The number of benzene rings is 1. The summed E-state index contributed by atoms with van der Waals surface area (Å²) in [7, 11) is 0. The van der Waals surface area contributed by atoms with Crippen molar-refractivity contribution >= 4 is 27.6 Å². The summed E-state index contributed by atoms with van der Waals surface area (Å²) in [6, 6.07) is 0.323. The van der Waals surface area contributed by atoms with Crippen LogP contribution >= 0.6 is 15.9 Å². The molecule has 0 aliphatic heterocycles. The Kier molecular flexibility index (Phi) is 5.12. The monoisotopic (exact) mass is 344 g/mol. The minimum Gasteiger partial charge on any atom is -0.390 e. The normalized spacial score (nSPS) is 11.3. The van der Waals surface area contributed by atoms with Gasteiger partial charge in [0, 0.05) is 10.5 Å². The summed E-state index contributed by atoms with van der Waals surface area (Å²) < 4.78 is 51.3. The molecule has 3 N–H and O–H groups in total. The van der Waals surface area contributed by atoms with Crippen LogP contribution in [0, 0.1) is 11.6 Å². The first-order valence-corrected chi connectivity index (χ1v) is 5.72. The molecule has 0 aromatic heterocycles. The Morgan fingerprint density at radius 1 is 1.37 bits per heavy atom. The summed E-state index contributed by atoms with van der Waals surface area (Å²) in [4.78, 5) is 11.2. The van der Waals surface area contributed by atoms with Gasteiger partial charge in [0.15, 0.2) is 5.82 Å². The predicted molar refractivity (Wildman–Crippen MR) is 63.1 cm³/mol. The standard InChI is InChI=1S/C10H9BrF4N2O2/c11-6-1-5(12)2-7(13)8(6)17-9(19)16-3-10(14,15)4-18/h1-2,18H,3-4H2,(H2,16,17,19). The average molecular weight is 345 g/mol. The van der Waals surface area contributed by atoms with E-state index in [2.05, 4.69) is 15.9 Å². The van der Waals surface area contributed by atoms with Gasteiger partial charge in [-0.2, -0.15) is 0 Å². The van der Waals surface area contributed by atoms with Gasteiger partial charge in [0.05, 0.1) is 12.2 Å². The number of hydrogen-bond acceptors (Lipinski definition) is 2. The van der Waals surface area contributed by atoms with E-state index in [1.165, 1.54) is 0 Å². The lowest BCUT2D eigenvalue weighted by molar-refractivity contribution is -0.0451. The lowest BCUT2D eigenvalue weighted by Crippen LogP contribution is -2.41. The van der Waals surface area contributed by atoms with Crippen LogP contribution in [0.25, 0.3) is 0 Å². The third-order valence-electron chi connectivity index (χ3n) is 1.98. The van der Waals surface area contributed by atoms with Gasteiger partial charge < -0.3 is 15.7 Å². The maximum Gasteiger partial charge on any atom is 0.319 e. The summed E-state index contributed by atoms with van der Waals surface area (Å²) >= 11 is 2.82. The summed E-state index contributed by atoms with van der Waals surface area (Å²) in [6.45, 7) is -2.54. The van der Waals surface area contributed by atoms with Gasteiger partial charge in [-0.15, -0.1) is 0 Å². The Hall–Kier alpha value is -1.35. The molecule has 0 aliphatic carbocycles. The number of carbonyl (C=O) groups is 1. The molecule has 0 bridgehead atoms. The van der Waals surface area contributed by atoms with Crippen molar-refractivity contribution in [2.45, 2.75) is 5.92 Å². The fraction of sp³-hybridized carbons (Fsp3) is 0.300. The minimum atomic E-state index is -3.48. The fourth-order valence-corrected chi connectivity index (χ4v) is 1.59. The Balaban J connectivity index is 2.68. The van der Waals surface area contributed by atoms with Crippen molar-refractivity contribution in [1.29, 1.82) is 0 Å². The number of alkyl halides is 2. The zero-order chi connectivity index (χ0) is 14.6. The van der Waals surface area contributed by atoms with Crippen molar-refractivity contribution in [3.63, 3.8) is 0 Å². The molecule has 0 spiro atoms. The Morgan fingerprint density at radius 3 is 2.53 bits per heavy atom. The Morgan fingerprint density at radius 2 is 2.00 bits per heavy atom. The molecule has 0 saturated carbocycles. The van der Waals surface area contributed by atoms with Gasteiger partial charge in [0.25, 0.3) is 5.92 Å². The number of urea groups is 1. The first-order chi connectivity index (χ1) is 8.75. The molecule has 1 aromatic carbocycles. The second-order valence-corrected chi connectivity index (χ2v) is 4.42. The zero-order valence-electron chi connectivity index (χ0n) is 9.31. The van der Waals surface area contributed by atoms with E-state index in [0.717, 1.165) is 6.07 Å². The van der Waals surface area contributed by atoms with E-state index in [1.54, 1.807) is 5.32 Å². The van der Waals surface area contributed by atoms with Crippen molar-refractivity contribution in [3.8, 4) is 0 Å². The van der Waals surface area contributed by atoms with Crippen molar-refractivity contribution in [2.24, 2.45) is 0 Å². The van der Waals surface area contributed by atoms with Gasteiger partial charge in [-0.3, -0.25) is 0 Å². The largest absolute Gasteiger partial charge is 0.390 e. The highest BCUT2D eigenvalue weighted by Crippen LogP contribution is 2.26. The highest BCUT2D eigenvalue weighted by atomic mass is 79.9. The first kappa shape index (κ1) is 15.7. The Bertz CT molecular complexity index is 462. The third-order valence-corrected chi connectivity index (χ3v) is 2.61.